The molecular formula is C29H58O2. The molecule has 0 N–H and O–H groups in total. The Hall–Kier alpha value is -0.530. The molecule has 0 aromatic rings. The molecule has 0 atom stereocenters. The molecule has 0 saturated carbocycles. The van der Waals surface area contributed by atoms with E-state index < -0.39 is 0 Å². The topological polar surface area (TPSA) is 26.3 Å². The highest BCUT2D eigenvalue weighted by molar-refractivity contribution is 5.75. The zero-order chi connectivity index (χ0) is 23.0. The summed E-state index contributed by atoms with van der Waals surface area (Å²) in [5.74, 6) is -0.0732. The Labute approximate surface area is 196 Å². The Morgan fingerprint density at radius 3 is 1.00 bits per heavy atom. The molecule has 31 heavy (non-hydrogen) atoms. The quantitative estimate of drug-likeness (QED) is 0.117. The molecule has 0 aromatic heterocycles. The minimum Gasteiger partial charge on any atom is -0.465 e. The van der Waals surface area contributed by atoms with E-state index in [9.17, 15) is 4.79 Å². The summed E-state index contributed by atoms with van der Waals surface area (Å²) in [7, 11) is 0. The van der Waals surface area contributed by atoms with Gasteiger partial charge >= 0.3 is 5.97 Å². The molecule has 0 aromatic carbocycles. The van der Waals surface area contributed by atoms with Gasteiger partial charge in [0.05, 0.1) is 12.0 Å². The van der Waals surface area contributed by atoms with Crippen LogP contribution in [-0.2, 0) is 9.53 Å². The standard InChI is InChI=1S/C29H58O2/c1-5-6-7-8-9-10-11-12-13-14-15-16-17-18-19-20-21-22-23-24-25-26-27-31-28(30)29(2,3)4/h5-27H2,1-4H3. The fraction of sp³-hybridized carbons (Fsp3) is 0.966. The van der Waals surface area contributed by atoms with Crippen molar-refractivity contribution < 1.29 is 9.53 Å². The van der Waals surface area contributed by atoms with Crippen molar-refractivity contribution in [2.24, 2.45) is 5.41 Å². The molecule has 2 nitrogen and oxygen atoms in total. The van der Waals surface area contributed by atoms with Crippen molar-refractivity contribution in [3.63, 3.8) is 0 Å². The van der Waals surface area contributed by atoms with Crippen molar-refractivity contribution in [2.75, 3.05) is 6.61 Å². The summed E-state index contributed by atoms with van der Waals surface area (Å²) in [6, 6.07) is 0. The van der Waals surface area contributed by atoms with Crippen LogP contribution in [0.1, 0.15) is 169 Å². The fourth-order valence-electron chi connectivity index (χ4n) is 4.09. The molecule has 0 radical (unpaired) electrons. The van der Waals surface area contributed by atoms with E-state index in [1.807, 2.05) is 20.8 Å². The SMILES string of the molecule is CCCCCCCCCCCCCCCCCCCCCCCCOC(=O)C(C)(C)C. The van der Waals surface area contributed by atoms with Crippen LogP contribution in [0.5, 0.6) is 0 Å². The fourth-order valence-corrected chi connectivity index (χ4v) is 4.09. The van der Waals surface area contributed by atoms with Gasteiger partial charge in [0, 0.05) is 0 Å². The number of esters is 1. The van der Waals surface area contributed by atoms with E-state index in [0.717, 1.165) is 6.42 Å². The van der Waals surface area contributed by atoms with Crippen molar-refractivity contribution >= 4 is 5.97 Å². The normalized spacial score (nSPS) is 11.7. The van der Waals surface area contributed by atoms with Gasteiger partial charge in [-0.05, 0) is 27.2 Å². The van der Waals surface area contributed by atoms with E-state index in [2.05, 4.69) is 6.92 Å². The van der Waals surface area contributed by atoms with Crippen LogP contribution >= 0.6 is 0 Å². The highest BCUT2D eigenvalue weighted by Gasteiger charge is 2.22. The lowest BCUT2D eigenvalue weighted by Crippen LogP contribution is -2.23. The van der Waals surface area contributed by atoms with Gasteiger partial charge in [-0.15, -0.1) is 0 Å². The van der Waals surface area contributed by atoms with E-state index in [1.165, 1.54) is 135 Å². The summed E-state index contributed by atoms with van der Waals surface area (Å²) in [5.41, 5.74) is -0.368. The zero-order valence-corrected chi connectivity index (χ0v) is 22.1. The number of carbonyl (C=O) groups excluding carboxylic acids is 1. The molecule has 0 unspecified atom stereocenters. The number of unbranched alkanes of at least 4 members (excludes halogenated alkanes) is 21. The molecule has 0 heterocycles. The third kappa shape index (κ3) is 24.0. The summed E-state index contributed by atoms with van der Waals surface area (Å²) in [6.07, 6.45) is 30.8. The third-order valence-electron chi connectivity index (χ3n) is 6.34. The maximum atomic E-state index is 11.7. The molecule has 0 bridgehead atoms. The molecule has 0 saturated heterocycles. The number of ether oxygens (including phenoxy) is 1. The molecule has 0 aliphatic heterocycles. The molecule has 186 valence electrons. The Kier molecular flexibility index (Phi) is 22.3. The van der Waals surface area contributed by atoms with E-state index in [0.29, 0.717) is 6.61 Å². The summed E-state index contributed by atoms with van der Waals surface area (Å²) in [6.45, 7) is 8.62. The lowest BCUT2D eigenvalue weighted by Gasteiger charge is -2.16. The van der Waals surface area contributed by atoms with Gasteiger partial charge in [0.15, 0.2) is 0 Å². The van der Waals surface area contributed by atoms with Gasteiger partial charge in [-0.3, -0.25) is 4.79 Å². The van der Waals surface area contributed by atoms with Gasteiger partial charge in [-0.2, -0.15) is 0 Å². The molecule has 0 amide bonds. The van der Waals surface area contributed by atoms with E-state index in [-0.39, 0.29) is 11.4 Å². The second-order valence-electron chi connectivity index (χ2n) is 10.8. The van der Waals surface area contributed by atoms with Gasteiger partial charge in [0.25, 0.3) is 0 Å². The Bertz CT molecular complexity index is 369. The Morgan fingerprint density at radius 1 is 0.484 bits per heavy atom. The van der Waals surface area contributed by atoms with Crippen LogP contribution in [0.15, 0.2) is 0 Å². The largest absolute Gasteiger partial charge is 0.465 e. The average Bonchev–Trinajstić information content (AvgIpc) is 2.73. The Morgan fingerprint density at radius 2 is 0.742 bits per heavy atom. The van der Waals surface area contributed by atoms with Crippen molar-refractivity contribution in [3.05, 3.63) is 0 Å². The van der Waals surface area contributed by atoms with Crippen molar-refractivity contribution in [1.82, 2.24) is 0 Å². The first kappa shape index (κ1) is 30.5. The predicted molar refractivity (Wildman–Crippen MR) is 138 cm³/mol. The summed E-state index contributed by atoms with van der Waals surface area (Å²) in [4.78, 5) is 11.7. The van der Waals surface area contributed by atoms with Crippen LogP contribution in [0, 0.1) is 5.41 Å². The molecule has 2 heteroatoms. The lowest BCUT2D eigenvalue weighted by atomic mass is 9.97. The van der Waals surface area contributed by atoms with Crippen LogP contribution in [0.4, 0.5) is 0 Å². The molecule has 0 aliphatic carbocycles. The van der Waals surface area contributed by atoms with Crippen LogP contribution < -0.4 is 0 Å². The minimum absolute atomic E-state index is 0.0732. The first-order valence-electron chi connectivity index (χ1n) is 14.2. The lowest BCUT2D eigenvalue weighted by molar-refractivity contribution is -0.153. The van der Waals surface area contributed by atoms with E-state index >= 15 is 0 Å². The molecule has 0 rings (SSSR count). The van der Waals surface area contributed by atoms with Crippen molar-refractivity contribution in [3.8, 4) is 0 Å². The Balaban J connectivity index is 3.09. The molecule has 0 aliphatic rings. The van der Waals surface area contributed by atoms with E-state index in [4.69, 9.17) is 4.74 Å². The predicted octanol–water partition coefficient (Wildman–Crippen LogP) is 10.2. The van der Waals surface area contributed by atoms with Crippen LogP contribution in [-0.4, -0.2) is 12.6 Å². The second kappa shape index (κ2) is 22.7. The summed E-state index contributed by atoms with van der Waals surface area (Å²) < 4.78 is 5.31. The first-order chi connectivity index (χ1) is 15.0. The monoisotopic (exact) mass is 438 g/mol. The number of rotatable bonds is 23. The maximum Gasteiger partial charge on any atom is 0.311 e. The smallest absolute Gasteiger partial charge is 0.311 e. The van der Waals surface area contributed by atoms with Crippen LogP contribution in [0.3, 0.4) is 0 Å². The molecule has 0 fully saturated rings. The highest BCUT2D eigenvalue weighted by Crippen LogP contribution is 2.17. The second-order valence-corrected chi connectivity index (χ2v) is 10.8. The minimum atomic E-state index is -0.368. The maximum absolute atomic E-state index is 11.7. The number of hydrogen-bond donors (Lipinski definition) is 0. The molecular weight excluding hydrogens is 380 g/mol. The van der Waals surface area contributed by atoms with Gasteiger partial charge < -0.3 is 4.74 Å². The van der Waals surface area contributed by atoms with Gasteiger partial charge in [-0.25, -0.2) is 0 Å². The third-order valence-corrected chi connectivity index (χ3v) is 6.34. The van der Waals surface area contributed by atoms with Gasteiger partial charge in [0.1, 0.15) is 0 Å². The summed E-state index contributed by atoms with van der Waals surface area (Å²) in [5, 5.41) is 0. The number of hydrogen-bond acceptors (Lipinski definition) is 2. The zero-order valence-electron chi connectivity index (χ0n) is 22.1. The van der Waals surface area contributed by atoms with E-state index in [1.54, 1.807) is 0 Å². The first-order valence-corrected chi connectivity index (χ1v) is 14.2. The number of carbonyl (C=O) groups is 1. The van der Waals surface area contributed by atoms with Crippen LogP contribution in [0.25, 0.3) is 0 Å². The van der Waals surface area contributed by atoms with Crippen molar-refractivity contribution in [2.45, 2.75) is 169 Å². The molecule has 0 spiro atoms. The summed E-state index contributed by atoms with van der Waals surface area (Å²) >= 11 is 0. The van der Waals surface area contributed by atoms with Crippen LogP contribution in [0.2, 0.25) is 0 Å². The van der Waals surface area contributed by atoms with Crippen molar-refractivity contribution in [1.29, 1.82) is 0 Å². The highest BCUT2D eigenvalue weighted by atomic mass is 16.5. The average molecular weight is 439 g/mol. The van der Waals surface area contributed by atoms with Gasteiger partial charge in [-0.1, -0.05) is 142 Å². The van der Waals surface area contributed by atoms with Gasteiger partial charge in [0.2, 0.25) is 0 Å².